The normalized spacial score (nSPS) is 15.8. The van der Waals surface area contributed by atoms with Crippen LogP contribution in [0.25, 0.3) is 22.7 Å². The summed E-state index contributed by atoms with van der Waals surface area (Å²) in [4.78, 5) is 30.5. The third-order valence-corrected chi connectivity index (χ3v) is 5.69. The minimum absolute atomic E-state index is 0.228. The number of hydrogen-bond donors (Lipinski definition) is 0. The predicted octanol–water partition coefficient (Wildman–Crippen LogP) is 4.86. The van der Waals surface area contributed by atoms with Gasteiger partial charge in [0.2, 0.25) is 0 Å². The molecule has 0 unspecified atom stereocenters. The SMILES string of the molecule is C=CCN1C(=O)S/C(=C/c2cc(C)n(-c3ccc4ncccc4c3)c2C)C1=O. The molecule has 1 saturated heterocycles. The van der Waals surface area contributed by atoms with E-state index in [-0.39, 0.29) is 17.7 Å². The van der Waals surface area contributed by atoms with Gasteiger partial charge < -0.3 is 4.57 Å². The lowest BCUT2D eigenvalue weighted by atomic mass is 10.2. The molecule has 0 radical (unpaired) electrons. The smallest absolute Gasteiger partial charge is 0.293 e. The summed E-state index contributed by atoms with van der Waals surface area (Å²) in [5.41, 5.74) is 4.97. The Morgan fingerprint density at radius 2 is 2.00 bits per heavy atom. The van der Waals surface area contributed by atoms with Crippen LogP contribution in [0.3, 0.4) is 0 Å². The maximum Gasteiger partial charge on any atom is 0.293 e. The predicted molar refractivity (Wildman–Crippen MR) is 113 cm³/mol. The van der Waals surface area contributed by atoms with E-state index in [2.05, 4.69) is 22.2 Å². The summed E-state index contributed by atoms with van der Waals surface area (Å²) < 4.78 is 2.15. The summed E-state index contributed by atoms with van der Waals surface area (Å²) in [7, 11) is 0. The number of aromatic nitrogens is 2. The molecular formula is C22H19N3O2S. The molecule has 0 atom stereocenters. The molecule has 0 bridgehead atoms. The van der Waals surface area contributed by atoms with Gasteiger partial charge in [0, 0.05) is 35.2 Å². The monoisotopic (exact) mass is 389 g/mol. The van der Waals surface area contributed by atoms with Gasteiger partial charge in [0.25, 0.3) is 11.1 Å². The van der Waals surface area contributed by atoms with Gasteiger partial charge in [0.05, 0.1) is 10.4 Å². The van der Waals surface area contributed by atoms with Crippen molar-refractivity contribution in [3.8, 4) is 5.69 Å². The van der Waals surface area contributed by atoms with E-state index in [1.165, 1.54) is 4.90 Å². The molecule has 28 heavy (non-hydrogen) atoms. The summed E-state index contributed by atoms with van der Waals surface area (Å²) in [6.07, 6.45) is 5.14. The quantitative estimate of drug-likeness (QED) is 0.472. The van der Waals surface area contributed by atoms with Crippen molar-refractivity contribution in [2.75, 3.05) is 6.54 Å². The number of nitrogens with zero attached hydrogens (tertiary/aromatic N) is 3. The number of fused-ring (bicyclic) bond motifs is 1. The zero-order valence-electron chi connectivity index (χ0n) is 15.7. The lowest BCUT2D eigenvalue weighted by Crippen LogP contribution is -2.27. The minimum Gasteiger partial charge on any atom is -0.318 e. The highest BCUT2D eigenvalue weighted by Crippen LogP contribution is 2.33. The Morgan fingerprint density at radius 1 is 1.18 bits per heavy atom. The zero-order chi connectivity index (χ0) is 19.8. The fraction of sp³-hybridized carbons (Fsp3) is 0.136. The summed E-state index contributed by atoms with van der Waals surface area (Å²) >= 11 is 0.971. The van der Waals surface area contributed by atoms with E-state index in [0.29, 0.717) is 4.91 Å². The van der Waals surface area contributed by atoms with Crippen molar-refractivity contribution in [2.24, 2.45) is 0 Å². The van der Waals surface area contributed by atoms with Gasteiger partial charge in [-0.25, -0.2) is 0 Å². The van der Waals surface area contributed by atoms with Crippen molar-refractivity contribution in [3.63, 3.8) is 0 Å². The number of imide groups is 1. The molecule has 4 rings (SSSR count). The first-order valence-electron chi connectivity index (χ1n) is 8.90. The fourth-order valence-electron chi connectivity index (χ4n) is 3.46. The van der Waals surface area contributed by atoms with Crippen LogP contribution >= 0.6 is 11.8 Å². The maximum atomic E-state index is 12.5. The van der Waals surface area contributed by atoms with E-state index < -0.39 is 0 Å². The number of aryl methyl sites for hydroxylation is 1. The largest absolute Gasteiger partial charge is 0.318 e. The first kappa shape index (κ1) is 18.3. The second-order valence-electron chi connectivity index (χ2n) is 6.62. The van der Waals surface area contributed by atoms with E-state index in [1.54, 1.807) is 18.3 Å². The van der Waals surface area contributed by atoms with Crippen LogP contribution in [-0.2, 0) is 4.79 Å². The minimum atomic E-state index is -0.267. The number of amides is 2. The van der Waals surface area contributed by atoms with Crippen LogP contribution in [0.5, 0.6) is 0 Å². The Morgan fingerprint density at radius 3 is 2.79 bits per heavy atom. The van der Waals surface area contributed by atoms with Crippen molar-refractivity contribution in [2.45, 2.75) is 13.8 Å². The van der Waals surface area contributed by atoms with Gasteiger partial charge in [-0.3, -0.25) is 19.5 Å². The van der Waals surface area contributed by atoms with E-state index in [9.17, 15) is 9.59 Å². The van der Waals surface area contributed by atoms with Crippen LogP contribution < -0.4 is 0 Å². The van der Waals surface area contributed by atoms with Crippen molar-refractivity contribution in [1.82, 2.24) is 14.5 Å². The first-order chi connectivity index (χ1) is 13.5. The summed E-state index contributed by atoms with van der Waals surface area (Å²) in [5.74, 6) is -0.267. The van der Waals surface area contributed by atoms with E-state index in [1.807, 2.05) is 44.2 Å². The van der Waals surface area contributed by atoms with Gasteiger partial charge in [-0.15, -0.1) is 6.58 Å². The Hall–Kier alpha value is -3.12. The number of benzene rings is 1. The molecule has 1 aliphatic heterocycles. The molecule has 0 saturated carbocycles. The molecule has 0 aliphatic carbocycles. The molecule has 0 N–H and O–H groups in total. The highest BCUT2D eigenvalue weighted by molar-refractivity contribution is 8.18. The molecule has 1 aliphatic rings. The van der Waals surface area contributed by atoms with Crippen molar-refractivity contribution in [1.29, 1.82) is 0 Å². The van der Waals surface area contributed by atoms with Crippen LogP contribution in [-0.4, -0.2) is 32.1 Å². The third kappa shape index (κ3) is 3.05. The van der Waals surface area contributed by atoms with Gasteiger partial charge in [-0.2, -0.15) is 0 Å². The fourth-order valence-corrected chi connectivity index (χ4v) is 4.30. The van der Waals surface area contributed by atoms with Crippen molar-refractivity contribution >= 4 is 39.9 Å². The number of carbonyl (C=O) groups is 2. The molecule has 2 amide bonds. The van der Waals surface area contributed by atoms with Gasteiger partial charge >= 0.3 is 0 Å². The second-order valence-corrected chi connectivity index (χ2v) is 7.62. The highest BCUT2D eigenvalue weighted by Gasteiger charge is 2.34. The first-order valence-corrected chi connectivity index (χ1v) is 9.71. The summed E-state index contributed by atoms with van der Waals surface area (Å²) in [6.45, 7) is 7.88. The highest BCUT2D eigenvalue weighted by atomic mass is 32.2. The van der Waals surface area contributed by atoms with E-state index in [4.69, 9.17) is 0 Å². The van der Waals surface area contributed by atoms with Crippen molar-refractivity contribution < 1.29 is 9.59 Å². The molecule has 1 fully saturated rings. The Balaban J connectivity index is 1.74. The molecule has 140 valence electrons. The second kappa shape index (κ2) is 7.13. The molecule has 3 aromatic rings. The van der Waals surface area contributed by atoms with Crippen molar-refractivity contribution in [3.05, 3.63) is 77.1 Å². The molecule has 1 aromatic carbocycles. The average molecular weight is 389 g/mol. The Labute approximate surface area is 167 Å². The van der Waals surface area contributed by atoms with Gasteiger partial charge in [-0.1, -0.05) is 12.1 Å². The molecular weight excluding hydrogens is 370 g/mol. The van der Waals surface area contributed by atoms with E-state index in [0.717, 1.165) is 45.3 Å². The van der Waals surface area contributed by atoms with Crippen LogP contribution in [0, 0.1) is 13.8 Å². The molecule has 2 aromatic heterocycles. The molecule has 0 spiro atoms. The zero-order valence-corrected chi connectivity index (χ0v) is 16.5. The van der Waals surface area contributed by atoms with Crippen LogP contribution in [0.2, 0.25) is 0 Å². The third-order valence-electron chi connectivity index (χ3n) is 4.79. The Kier molecular flexibility index (Phi) is 4.65. The van der Waals surface area contributed by atoms with Crippen LogP contribution in [0.1, 0.15) is 17.0 Å². The van der Waals surface area contributed by atoms with Gasteiger partial charge in [0.15, 0.2) is 0 Å². The Bertz CT molecular complexity index is 1160. The lowest BCUT2D eigenvalue weighted by Gasteiger charge is -2.11. The summed E-state index contributed by atoms with van der Waals surface area (Å²) in [5, 5.41) is 0.812. The standard InChI is InChI=1S/C22H19N3O2S/c1-4-10-24-21(26)20(28-22(24)27)13-17-11-14(2)25(15(17)3)18-7-8-19-16(12-18)6-5-9-23-19/h4-9,11-13H,1,10H2,2-3H3/b20-13+. The average Bonchev–Trinajstić information content (AvgIpc) is 3.11. The van der Waals surface area contributed by atoms with Crippen LogP contribution in [0.4, 0.5) is 4.79 Å². The molecule has 3 heterocycles. The number of hydrogen-bond acceptors (Lipinski definition) is 4. The number of pyridine rings is 1. The van der Waals surface area contributed by atoms with Gasteiger partial charge in [-0.05, 0) is 67.6 Å². The van der Waals surface area contributed by atoms with Gasteiger partial charge in [0.1, 0.15) is 0 Å². The summed E-state index contributed by atoms with van der Waals surface area (Å²) in [6, 6.07) is 12.1. The number of carbonyl (C=O) groups excluding carboxylic acids is 2. The van der Waals surface area contributed by atoms with Crippen LogP contribution in [0.15, 0.2) is 60.2 Å². The maximum absolute atomic E-state index is 12.5. The molecule has 6 heteroatoms. The number of rotatable bonds is 4. The van der Waals surface area contributed by atoms with E-state index >= 15 is 0 Å². The lowest BCUT2D eigenvalue weighted by molar-refractivity contribution is -0.122. The number of thioether (sulfide) groups is 1. The molecule has 5 nitrogen and oxygen atoms in total. The topological polar surface area (TPSA) is 55.2 Å².